The Bertz CT molecular complexity index is 1220. The van der Waals surface area contributed by atoms with E-state index in [1.807, 2.05) is 19.1 Å². The molecule has 2 aliphatic heterocycles. The number of Topliss-reactive ketones (excluding diaryl/α,β-unsaturated/α-hetero) is 1. The van der Waals surface area contributed by atoms with E-state index in [-0.39, 0.29) is 65.0 Å². The second-order valence-corrected chi connectivity index (χ2v) is 10.5. The molecule has 1 N–H and O–H groups in total. The molecule has 2 heterocycles. The van der Waals surface area contributed by atoms with E-state index < -0.39 is 5.82 Å². The first kappa shape index (κ1) is 30.7. The summed E-state index contributed by atoms with van der Waals surface area (Å²) >= 11 is 0. The van der Waals surface area contributed by atoms with Crippen molar-refractivity contribution >= 4 is 34.3 Å². The Morgan fingerprint density at radius 1 is 1.13 bits per heavy atom. The molecule has 2 aromatic carbocycles. The number of carbonyl (C=O) groups is 1. The molecular formula is C29H39BrFN3O5. The number of benzene rings is 2. The van der Waals surface area contributed by atoms with E-state index in [4.69, 9.17) is 24.4 Å². The Balaban J connectivity index is 0.00000420. The minimum atomic E-state index is -0.625. The van der Waals surface area contributed by atoms with Gasteiger partial charge in [-0.2, -0.15) is 0 Å². The van der Waals surface area contributed by atoms with Gasteiger partial charge in [-0.3, -0.25) is 10.2 Å². The van der Waals surface area contributed by atoms with Crippen LogP contribution in [0.15, 0.2) is 18.2 Å². The Kier molecular flexibility index (Phi) is 9.88. The van der Waals surface area contributed by atoms with Crippen molar-refractivity contribution in [1.29, 1.82) is 5.41 Å². The summed E-state index contributed by atoms with van der Waals surface area (Å²) in [6.07, 6.45) is 0.883. The quantitative estimate of drug-likeness (QED) is 0.365. The van der Waals surface area contributed by atoms with Gasteiger partial charge >= 0.3 is 0 Å². The van der Waals surface area contributed by atoms with Crippen molar-refractivity contribution in [2.45, 2.75) is 53.0 Å². The number of fused-ring (bicyclic) bond motifs is 1. The van der Waals surface area contributed by atoms with Crippen LogP contribution in [0.1, 0.15) is 68.1 Å². The number of methoxy groups -OCH3 is 1. The van der Waals surface area contributed by atoms with Crippen molar-refractivity contribution in [3.8, 4) is 17.2 Å². The molecule has 2 aliphatic rings. The zero-order valence-corrected chi connectivity index (χ0v) is 25.3. The lowest BCUT2D eigenvalue weighted by Crippen LogP contribution is -2.34. The van der Waals surface area contributed by atoms with Gasteiger partial charge < -0.3 is 28.7 Å². The molecule has 1 fully saturated rings. The first-order chi connectivity index (χ1) is 18.1. The molecule has 0 unspecified atom stereocenters. The highest BCUT2D eigenvalue weighted by molar-refractivity contribution is 8.93. The van der Waals surface area contributed by atoms with Crippen molar-refractivity contribution in [1.82, 2.24) is 4.90 Å². The summed E-state index contributed by atoms with van der Waals surface area (Å²) < 4.78 is 38.1. The Morgan fingerprint density at radius 2 is 1.85 bits per heavy atom. The summed E-state index contributed by atoms with van der Waals surface area (Å²) in [6, 6.07) is 5.44. The fourth-order valence-corrected chi connectivity index (χ4v) is 4.99. The van der Waals surface area contributed by atoms with E-state index in [9.17, 15) is 4.79 Å². The van der Waals surface area contributed by atoms with Gasteiger partial charge in [-0.15, -0.1) is 17.0 Å². The number of amidine groups is 1. The smallest absolute Gasteiger partial charge is 0.197 e. The van der Waals surface area contributed by atoms with Crippen LogP contribution in [0.4, 0.5) is 10.1 Å². The van der Waals surface area contributed by atoms with Crippen molar-refractivity contribution in [3.05, 3.63) is 46.3 Å². The topological polar surface area (TPSA) is 84.3 Å². The number of hydrogen-bond donors (Lipinski definition) is 1. The molecule has 39 heavy (non-hydrogen) atoms. The molecule has 2 aromatic rings. The lowest BCUT2D eigenvalue weighted by molar-refractivity contribution is 0.0961. The van der Waals surface area contributed by atoms with Gasteiger partial charge in [0, 0.05) is 24.2 Å². The highest BCUT2D eigenvalue weighted by Gasteiger charge is 2.34. The minimum Gasteiger partial charge on any atom is -0.494 e. The maximum Gasteiger partial charge on any atom is 0.197 e. The number of ether oxygens (including phenoxy) is 4. The summed E-state index contributed by atoms with van der Waals surface area (Å²) in [5, 5.41) is 8.69. The maximum absolute atomic E-state index is 15.5. The molecule has 214 valence electrons. The molecule has 0 aliphatic carbocycles. The third-order valence-electron chi connectivity index (χ3n) is 6.81. The van der Waals surface area contributed by atoms with E-state index in [1.165, 1.54) is 0 Å². The van der Waals surface area contributed by atoms with Crippen LogP contribution < -0.4 is 19.1 Å². The summed E-state index contributed by atoms with van der Waals surface area (Å²) in [5.74, 6) is 0.221. The minimum absolute atomic E-state index is 0. The van der Waals surface area contributed by atoms with Crippen molar-refractivity contribution < 1.29 is 28.1 Å². The van der Waals surface area contributed by atoms with Gasteiger partial charge in [0.1, 0.15) is 18.3 Å². The van der Waals surface area contributed by atoms with E-state index in [1.54, 1.807) is 25.0 Å². The van der Waals surface area contributed by atoms with Crippen molar-refractivity contribution in [2.75, 3.05) is 51.7 Å². The van der Waals surface area contributed by atoms with Gasteiger partial charge in [0.15, 0.2) is 23.1 Å². The van der Waals surface area contributed by atoms with E-state index in [0.29, 0.717) is 36.8 Å². The van der Waals surface area contributed by atoms with Crippen LogP contribution in [0, 0.1) is 11.2 Å². The van der Waals surface area contributed by atoms with Crippen LogP contribution in [0.25, 0.3) is 0 Å². The Labute approximate surface area is 240 Å². The number of nitrogens with zero attached hydrogens (tertiary/aromatic N) is 2. The van der Waals surface area contributed by atoms with Gasteiger partial charge in [0.05, 0.1) is 44.7 Å². The van der Waals surface area contributed by atoms with E-state index in [2.05, 4.69) is 25.7 Å². The van der Waals surface area contributed by atoms with Crippen LogP contribution >= 0.6 is 17.0 Å². The fourth-order valence-electron chi connectivity index (χ4n) is 4.99. The predicted octanol–water partition coefficient (Wildman–Crippen LogP) is 5.72. The van der Waals surface area contributed by atoms with Crippen molar-refractivity contribution in [3.63, 3.8) is 0 Å². The second-order valence-electron chi connectivity index (χ2n) is 10.5. The molecular weight excluding hydrogens is 569 g/mol. The number of rotatable bonds is 9. The van der Waals surface area contributed by atoms with Crippen LogP contribution in [0.3, 0.4) is 0 Å². The average molecular weight is 609 g/mol. The van der Waals surface area contributed by atoms with Crippen LogP contribution in [-0.4, -0.2) is 63.3 Å². The predicted molar refractivity (Wildman–Crippen MR) is 155 cm³/mol. The standard InChI is InChI=1S/C29H38FN3O5.BrH/c1-7-37-23-14-19-15-33(28(31)24(19)25(30)27(23)38-8-2)16-22(34)18-12-20(29(3,4)5)26(35-6)21(13-18)32-10-9-11-36-17-32;/h12-14,31H,7-11,15-17H2,1-6H3;1H. The number of hydrogen-bond acceptors (Lipinski definition) is 7. The Hall–Kier alpha value is -2.85. The first-order valence-corrected chi connectivity index (χ1v) is 13.1. The number of halogens is 2. The molecule has 8 nitrogen and oxygen atoms in total. The summed E-state index contributed by atoms with van der Waals surface area (Å²) in [4.78, 5) is 17.3. The van der Waals surface area contributed by atoms with Gasteiger partial charge in [-0.05, 0) is 49.4 Å². The number of carbonyl (C=O) groups excluding carboxylic acids is 1. The summed E-state index contributed by atoms with van der Waals surface area (Å²) in [6.45, 7) is 12.5. The lowest BCUT2D eigenvalue weighted by atomic mass is 9.84. The van der Waals surface area contributed by atoms with Gasteiger partial charge in [0.2, 0.25) is 0 Å². The van der Waals surface area contributed by atoms with Crippen LogP contribution in [0.5, 0.6) is 17.2 Å². The van der Waals surface area contributed by atoms with Crippen molar-refractivity contribution in [2.24, 2.45) is 0 Å². The van der Waals surface area contributed by atoms with Gasteiger partial charge in [-0.25, -0.2) is 4.39 Å². The monoisotopic (exact) mass is 607 g/mol. The third kappa shape index (κ3) is 6.17. The molecule has 0 spiro atoms. The molecule has 0 atom stereocenters. The fraction of sp³-hybridized carbons (Fsp3) is 0.517. The molecule has 0 aromatic heterocycles. The number of ketones is 1. The molecule has 1 saturated heterocycles. The summed E-state index contributed by atoms with van der Waals surface area (Å²) in [5.41, 5.74) is 2.73. The molecule has 0 bridgehead atoms. The van der Waals surface area contributed by atoms with E-state index in [0.717, 1.165) is 30.0 Å². The van der Waals surface area contributed by atoms with Crippen LogP contribution in [-0.2, 0) is 16.7 Å². The molecule has 0 radical (unpaired) electrons. The normalized spacial score (nSPS) is 15.1. The SMILES string of the molecule is Br.CCOc1cc2c(c(F)c1OCC)C(=N)N(CC(=O)c1cc(N3CCCOC3)c(OC)c(C(C)(C)C)c1)C2. The number of anilines is 1. The highest BCUT2D eigenvalue weighted by atomic mass is 79.9. The zero-order valence-electron chi connectivity index (χ0n) is 23.6. The molecule has 4 rings (SSSR count). The largest absolute Gasteiger partial charge is 0.494 e. The molecule has 10 heteroatoms. The molecule has 0 amide bonds. The highest BCUT2D eigenvalue weighted by Crippen LogP contribution is 2.42. The Morgan fingerprint density at radius 3 is 2.44 bits per heavy atom. The third-order valence-corrected chi connectivity index (χ3v) is 6.81. The maximum atomic E-state index is 15.5. The van der Waals surface area contributed by atoms with Gasteiger partial charge in [0.25, 0.3) is 0 Å². The first-order valence-electron chi connectivity index (χ1n) is 13.1. The average Bonchev–Trinajstić information content (AvgIpc) is 3.20. The molecule has 0 saturated carbocycles. The number of nitrogens with one attached hydrogen (secondary N) is 1. The second kappa shape index (κ2) is 12.6. The van der Waals surface area contributed by atoms with E-state index >= 15 is 4.39 Å². The van der Waals surface area contributed by atoms with Crippen LogP contribution in [0.2, 0.25) is 0 Å². The zero-order chi connectivity index (χ0) is 27.6. The lowest BCUT2D eigenvalue weighted by Gasteiger charge is -2.33. The summed E-state index contributed by atoms with van der Waals surface area (Å²) in [7, 11) is 1.64. The van der Waals surface area contributed by atoms with Gasteiger partial charge in [-0.1, -0.05) is 20.8 Å².